The molecule has 0 aromatic heterocycles. The second-order valence-corrected chi connectivity index (χ2v) is 31.7. The van der Waals surface area contributed by atoms with Gasteiger partial charge in [0.15, 0.2) is 7.83 Å². The van der Waals surface area contributed by atoms with Crippen molar-refractivity contribution in [3.63, 3.8) is 0 Å². The molecule has 2 aliphatic rings. The monoisotopic (exact) mass is 348 g/mol. The third kappa shape index (κ3) is 5.53. The van der Waals surface area contributed by atoms with Crippen molar-refractivity contribution in [2.24, 2.45) is 0 Å². The summed E-state index contributed by atoms with van der Waals surface area (Å²) in [7, 11) is -2.43. The van der Waals surface area contributed by atoms with E-state index in [0.29, 0.717) is 0 Å². The highest BCUT2D eigenvalue weighted by atomic mass is 29.3. The molecule has 0 bridgehead atoms. The molecule has 0 saturated carbocycles. The van der Waals surface area contributed by atoms with Gasteiger partial charge in [0.2, 0.25) is 0 Å². The summed E-state index contributed by atoms with van der Waals surface area (Å²) in [5.74, 6) is 0. The van der Waals surface area contributed by atoms with E-state index in [1.807, 2.05) is 0 Å². The minimum Gasteiger partial charge on any atom is -0.428 e. The van der Waals surface area contributed by atoms with Gasteiger partial charge in [0.25, 0.3) is 0 Å². The smallest absolute Gasteiger partial charge is 0.174 e. The first-order valence-electron chi connectivity index (χ1n) is 8.37. The largest absolute Gasteiger partial charge is 0.428 e. The van der Waals surface area contributed by atoms with E-state index in [1.165, 1.54) is 24.9 Å². The van der Waals surface area contributed by atoms with E-state index in [1.54, 1.807) is 6.04 Å². The molecule has 0 N–H and O–H groups in total. The van der Waals surface area contributed by atoms with E-state index in [0.717, 1.165) is 6.61 Å². The minimum absolute atomic E-state index is 0.0613. The molecule has 0 aliphatic carbocycles. The molecule has 120 valence electrons. The van der Waals surface area contributed by atoms with Crippen molar-refractivity contribution in [1.29, 1.82) is 0 Å². The summed E-state index contributed by atoms with van der Waals surface area (Å²) in [5.41, 5.74) is 0.165. The fourth-order valence-electron chi connectivity index (χ4n) is 2.92. The van der Waals surface area contributed by atoms with Gasteiger partial charge in [0.05, 0.1) is 21.5 Å². The van der Waals surface area contributed by atoms with Crippen LogP contribution in [0.3, 0.4) is 0 Å². The number of hydrogen-bond acceptors (Lipinski definition) is 2. The van der Waals surface area contributed by atoms with Crippen LogP contribution >= 0.6 is 0 Å². The van der Waals surface area contributed by atoms with E-state index in [2.05, 4.69) is 47.0 Å². The summed E-state index contributed by atoms with van der Waals surface area (Å²) in [6.45, 7) is 17.7. The van der Waals surface area contributed by atoms with Gasteiger partial charge < -0.3 is 8.85 Å². The van der Waals surface area contributed by atoms with Crippen LogP contribution in [0.5, 0.6) is 0 Å². The molecule has 2 nitrogen and oxygen atoms in total. The molecule has 2 rings (SSSR count). The van der Waals surface area contributed by atoms with Crippen molar-refractivity contribution >= 4 is 33.0 Å². The lowest BCUT2D eigenvalue weighted by atomic mass is 10.1. The summed E-state index contributed by atoms with van der Waals surface area (Å²) >= 11 is 0. The van der Waals surface area contributed by atoms with E-state index in [4.69, 9.17) is 8.85 Å². The third-order valence-electron chi connectivity index (χ3n) is 5.35. The molecule has 0 amide bonds. The van der Waals surface area contributed by atoms with Crippen LogP contribution in [0, 0.1) is 0 Å². The fourth-order valence-corrected chi connectivity index (χ4v) is 16.2. The van der Waals surface area contributed by atoms with Gasteiger partial charge in [-0.25, -0.2) is 0 Å². The zero-order valence-corrected chi connectivity index (χ0v) is 19.4. The van der Waals surface area contributed by atoms with Crippen molar-refractivity contribution < 1.29 is 8.85 Å². The summed E-state index contributed by atoms with van der Waals surface area (Å²) in [4.78, 5) is 0. The molecule has 0 aromatic carbocycles. The van der Waals surface area contributed by atoms with Crippen LogP contribution in [0.15, 0.2) is 0 Å². The lowest BCUT2D eigenvalue weighted by Crippen LogP contribution is -2.63. The van der Waals surface area contributed by atoms with E-state index in [9.17, 15) is 0 Å². The third-order valence-corrected chi connectivity index (χ3v) is 30.5. The van der Waals surface area contributed by atoms with Crippen molar-refractivity contribution in [1.82, 2.24) is 0 Å². The van der Waals surface area contributed by atoms with Crippen LogP contribution in [0.2, 0.25) is 44.3 Å². The number of rotatable bonds is 1. The molecule has 0 spiro atoms. The molecule has 1 atom stereocenters. The summed E-state index contributed by atoms with van der Waals surface area (Å²) in [6.07, 6.45) is 2.64. The predicted octanol–water partition coefficient (Wildman–Crippen LogP) is 3.41. The van der Waals surface area contributed by atoms with Gasteiger partial charge in [-0.05, 0) is 39.8 Å². The topological polar surface area (TPSA) is 18.5 Å². The van der Waals surface area contributed by atoms with Gasteiger partial charge in [0, 0.05) is 6.61 Å². The Balaban J connectivity index is 0.000000217. The fraction of sp³-hybridized carbons (Fsp3) is 1.00. The molecule has 2 fully saturated rings. The summed E-state index contributed by atoms with van der Waals surface area (Å²) < 4.78 is 11.8. The molecule has 20 heavy (non-hydrogen) atoms. The maximum atomic E-state index is 6.28. The average molecular weight is 349 g/mol. The van der Waals surface area contributed by atoms with Gasteiger partial charge >= 0.3 is 0 Å². The number of hydrogen-bond donors (Lipinski definition) is 0. The Labute approximate surface area is 132 Å². The molecule has 2 saturated heterocycles. The van der Waals surface area contributed by atoms with Gasteiger partial charge in [-0.1, -0.05) is 38.2 Å². The molecule has 6 heteroatoms. The van der Waals surface area contributed by atoms with Crippen LogP contribution < -0.4 is 0 Å². The minimum atomic E-state index is -1.31. The SMILES string of the molecule is CC1(C)CC[Si](C)(C)[Si](C)(C)O1.CC[SiH]1CCCO[SiH2]1. The Morgan fingerprint density at radius 1 is 1.20 bits per heavy atom. The second-order valence-electron chi connectivity index (χ2n) is 8.25. The standard InChI is InChI=1S/C9H22OSi2.C5H14OSi2/c1-9(2)7-8-11(3,4)12(5,6)10-9;1-2-8-5-3-4-6-7-8/h7-8H2,1-6H3;8H,2-5,7H2,1H3. The second kappa shape index (κ2) is 7.37. The molecular formula is C14H36O2Si4. The van der Waals surface area contributed by atoms with E-state index >= 15 is 0 Å². The van der Waals surface area contributed by atoms with E-state index < -0.39 is 15.4 Å². The maximum absolute atomic E-state index is 6.28. The molecule has 1 unspecified atom stereocenters. The van der Waals surface area contributed by atoms with Crippen LogP contribution in [-0.4, -0.2) is 45.2 Å². The van der Waals surface area contributed by atoms with Crippen molar-refractivity contribution in [3.05, 3.63) is 0 Å². The van der Waals surface area contributed by atoms with E-state index in [-0.39, 0.29) is 23.2 Å². The molecule has 2 aliphatic heterocycles. The van der Waals surface area contributed by atoms with Gasteiger partial charge in [-0.15, -0.1) is 0 Å². The summed E-state index contributed by atoms with van der Waals surface area (Å²) in [5, 5.41) is 0. The molecule has 0 aromatic rings. The predicted molar refractivity (Wildman–Crippen MR) is 101 cm³/mol. The van der Waals surface area contributed by atoms with Crippen molar-refractivity contribution in [2.45, 2.75) is 83.5 Å². The lowest BCUT2D eigenvalue weighted by molar-refractivity contribution is 0.0933. The molecule has 0 radical (unpaired) electrons. The first-order chi connectivity index (χ1) is 9.10. The Hall–Kier alpha value is 0.788. The highest BCUT2D eigenvalue weighted by molar-refractivity contribution is 7.38. The highest BCUT2D eigenvalue weighted by Crippen LogP contribution is 2.38. The van der Waals surface area contributed by atoms with Crippen LogP contribution in [0.4, 0.5) is 0 Å². The molecular weight excluding hydrogens is 312 g/mol. The zero-order chi connectivity index (χ0) is 15.4. The van der Waals surface area contributed by atoms with Crippen molar-refractivity contribution in [2.75, 3.05) is 6.61 Å². The maximum Gasteiger partial charge on any atom is 0.174 e. The Bertz CT molecular complexity index is 300. The Morgan fingerprint density at radius 2 is 1.85 bits per heavy atom. The average Bonchev–Trinajstić information content (AvgIpc) is 2.36. The van der Waals surface area contributed by atoms with Gasteiger partial charge in [-0.3, -0.25) is 0 Å². The molecule has 2 heterocycles. The Kier molecular flexibility index (Phi) is 6.94. The van der Waals surface area contributed by atoms with Crippen LogP contribution in [0.1, 0.15) is 33.6 Å². The summed E-state index contributed by atoms with van der Waals surface area (Å²) in [6, 6.07) is 4.54. The normalized spacial score (nSPS) is 32.2. The van der Waals surface area contributed by atoms with Gasteiger partial charge in [-0.2, -0.15) is 0 Å². The first kappa shape index (κ1) is 18.8. The van der Waals surface area contributed by atoms with Gasteiger partial charge in [0.1, 0.15) is 9.28 Å². The first-order valence-corrected chi connectivity index (χ1v) is 21.0. The van der Waals surface area contributed by atoms with Crippen LogP contribution in [0.25, 0.3) is 0 Å². The van der Waals surface area contributed by atoms with Crippen molar-refractivity contribution in [3.8, 4) is 0 Å². The quantitative estimate of drug-likeness (QED) is 0.676. The highest BCUT2D eigenvalue weighted by Gasteiger charge is 2.49. The van der Waals surface area contributed by atoms with Crippen LogP contribution in [-0.2, 0) is 8.85 Å². The Morgan fingerprint density at radius 3 is 2.20 bits per heavy atom. The zero-order valence-electron chi connectivity index (χ0n) is 14.8. The lowest BCUT2D eigenvalue weighted by Gasteiger charge is -2.49.